The van der Waals surface area contributed by atoms with Crippen LogP contribution in [-0.2, 0) is 19.1 Å². The molecule has 6 atom stereocenters. The molecule has 4 rings (SSSR count). The third-order valence-corrected chi connectivity index (χ3v) is 10.6. The van der Waals surface area contributed by atoms with Crippen LogP contribution in [0.2, 0.25) is 0 Å². The number of nitrogens with zero attached hydrogens (tertiary/aromatic N) is 2. The Hall–Kier alpha value is -1.36. The monoisotopic (exact) mass is 524 g/mol. The van der Waals surface area contributed by atoms with Gasteiger partial charge in [0, 0.05) is 51.1 Å². The first kappa shape index (κ1) is 27.7. The second-order valence-corrected chi connectivity index (χ2v) is 12.3. The number of aliphatic hydroxyl groups is 1. The van der Waals surface area contributed by atoms with E-state index in [2.05, 4.69) is 22.5 Å². The van der Waals surface area contributed by atoms with Gasteiger partial charge in [-0.2, -0.15) is 0 Å². The van der Waals surface area contributed by atoms with Crippen LogP contribution in [-0.4, -0.2) is 108 Å². The van der Waals surface area contributed by atoms with Crippen molar-refractivity contribution in [3.05, 3.63) is 0 Å². The molecule has 204 valence electrons. The Morgan fingerprint density at radius 1 is 1.08 bits per heavy atom. The lowest BCUT2D eigenvalue weighted by Crippen LogP contribution is -2.57. The summed E-state index contributed by atoms with van der Waals surface area (Å²) in [6, 6.07) is -0.550. The van der Waals surface area contributed by atoms with Crippen LogP contribution in [0.15, 0.2) is 0 Å². The molecule has 4 aliphatic rings. The molecule has 3 unspecified atom stereocenters. The molecule has 36 heavy (non-hydrogen) atoms. The lowest BCUT2D eigenvalue weighted by atomic mass is 9.66. The van der Waals surface area contributed by atoms with Gasteiger partial charge in [-0.05, 0) is 31.6 Å². The minimum atomic E-state index is -0.551. The number of hydrogen-bond donors (Lipinski definition) is 3. The molecule has 0 saturated carbocycles. The Morgan fingerprint density at radius 2 is 1.81 bits per heavy atom. The SMILES string of the molecule is CCCNC(=O)[C@@H]1[C@@H]2CC(C)C3(S2)C(C(=O)NCCN2CCOCC2)N(CCCCCCO)C(=O)[C@H]13. The Morgan fingerprint density at radius 3 is 2.53 bits per heavy atom. The highest BCUT2D eigenvalue weighted by Crippen LogP contribution is 2.68. The second-order valence-electron chi connectivity index (χ2n) is 10.8. The van der Waals surface area contributed by atoms with Crippen molar-refractivity contribution >= 4 is 29.5 Å². The molecule has 3 amide bonds. The Bertz CT molecular complexity index is 794. The first-order valence-electron chi connectivity index (χ1n) is 13.9. The van der Waals surface area contributed by atoms with E-state index in [-0.39, 0.29) is 41.4 Å². The fraction of sp³-hybridized carbons (Fsp3) is 0.885. The molecule has 1 spiro atoms. The first-order valence-corrected chi connectivity index (χ1v) is 14.8. The lowest BCUT2D eigenvalue weighted by molar-refractivity contribution is -0.140. The molecule has 0 aromatic heterocycles. The van der Waals surface area contributed by atoms with Gasteiger partial charge in [0.25, 0.3) is 0 Å². The molecule has 4 heterocycles. The number of thioether (sulfide) groups is 1. The Kier molecular flexibility index (Phi) is 9.57. The third-order valence-electron chi connectivity index (χ3n) is 8.48. The van der Waals surface area contributed by atoms with E-state index in [0.717, 1.165) is 71.4 Å². The molecule has 3 N–H and O–H groups in total. The predicted molar refractivity (Wildman–Crippen MR) is 139 cm³/mol. The zero-order valence-electron chi connectivity index (χ0n) is 21.9. The van der Waals surface area contributed by atoms with Crippen molar-refractivity contribution in [3.8, 4) is 0 Å². The van der Waals surface area contributed by atoms with E-state index in [9.17, 15) is 14.4 Å². The van der Waals surface area contributed by atoms with Gasteiger partial charge in [-0.1, -0.05) is 26.7 Å². The molecule has 4 saturated heterocycles. The van der Waals surface area contributed by atoms with E-state index in [1.54, 1.807) is 16.7 Å². The van der Waals surface area contributed by atoms with Gasteiger partial charge in [-0.25, -0.2) is 0 Å². The van der Waals surface area contributed by atoms with Crippen molar-refractivity contribution in [1.82, 2.24) is 20.4 Å². The number of nitrogens with one attached hydrogen (secondary N) is 2. The van der Waals surface area contributed by atoms with Crippen LogP contribution in [0.4, 0.5) is 0 Å². The van der Waals surface area contributed by atoms with Crippen molar-refractivity contribution in [2.24, 2.45) is 17.8 Å². The van der Waals surface area contributed by atoms with Crippen molar-refractivity contribution < 1.29 is 24.2 Å². The molecule has 4 fully saturated rings. The molecule has 2 bridgehead atoms. The van der Waals surface area contributed by atoms with Crippen molar-refractivity contribution in [2.45, 2.75) is 68.4 Å². The van der Waals surface area contributed by atoms with Gasteiger partial charge in [0.2, 0.25) is 17.7 Å². The normalized spacial score (nSPS) is 33.7. The van der Waals surface area contributed by atoms with Crippen LogP contribution in [0.25, 0.3) is 0 Å². The summed E-state index contributed by atoms with van der Waals surface area (Å²) in [5.74, 6) is -0.759. The van der Waals surface area contributed by atoms with Crippen LogP contribution in [0, 0.1) is 17.8 Å². The Labute approximate surface area is 219 Å². The molecule has 4 aliphatic heterocycles. The standard InChI is InChI=1S/C26H44N4O5S/c1-3-8-27-23(32)20-19-17-18(2)26(36-19)21(20)25(34)30(10-6-4-5-7-14-31)22(26)24(33)28-9-11-29-12-15-35-16-13-29/h18-22,31H,3-17H2,1-2H3,(H,27,32)(H,28,33)/t18?,19-,20+,21-,22?,26?/m0/s1. The minimum Gasteiger partial charge on any atom is -0.396 e. The van der Waals surface area contributed by atoms with Crippen LogP contribution in [0.3, 0.4) is 0 Å². The highest BCUT2D eigenvalue weighted by molar-refractivity contribution is 8.02. The maximum Gasteiger partial charge on any atom is 0.244 e. The second kappa shape index (κ2) is 12.5. The molecular formula is C26H44N4O5S. The van der Waals surface area contributed by atoms with Gasteiger partial charge in [-0.3, -0.25) is 19.3 Å². The van der Waals surface area contributed by atoms with E-state index in [1.165, 1.54) is 0 Å². The molecule has 0 aromatic carbocycles. The molecule has 9 nitrogen and oxygen atoms in total. The minimum absolute atomic E-state index is 0.0244. The predicted octanol–water partition coefficient (Wildman–Crippen LogP) is 0.851. The van der Waals surface area contributed by atoms with Crippen molar-refractivity contribution in [2.75, 3.05) is 59.1 Å². The number of carbonyl (C=O) groups excluding carboxylic acids is 3. The quantitative estimate of drug-likeness (QED) is 0.306. The van der Waals surface area contributed by atoms with Gasteiger partial charge in [0.1, 0.15) is 6.04 Å². The Balaban J connectivity index is 1.52. The van der Waals surface area contributed by atoms with E-state index >= 15 is 0 Å². The number of unbranched alkanes of at least 4 members (excludes halogenated alkanes) is 3. The fourth-order valence-electron chi connectivity index (χ4n) is 6.73. The highest BCUT2D eigenvalue weighted by atomic mass is 32.2. The van der Waals surface area contributed by atoms with Crippen molar-refractivity contribution in [3.63, 3.8) is 0 Å². The topological polar surface area (TPSA) is 111 Å². The number of fused-ring (bicyclic) bond motifs is 1. The lowest BCUT2D eigenvalue weighted by Gasteiger charge is -2.38. The van der Waals surface area contributed by atoms with E-state index in [4.69, 9.17) is 9.84 Å². The summed E-state index contributed by atoms with van der Waals surface area (Å²) >= 11 is 1.74. The van der Waals surface area contributed by atoms with Crippen LogP contribution in [0.5, 0.6) is 0 Å². The maximum atomic E-state index is 14.0. The van der Waals surface area contributed by atoms with Crippen LogP contribution < -0.4 is 10.6 Å². The summed E-state index contributed by atoms with van der Waals surface area (Å²) in [6.45, 7) is 9.96. The fourth-order valence-corrected chi connectivity index (χ4v) is 9.15. The summed E-state index contributed by atoms with van der Waals surface area (Å²) in [5.41, 5.74) is 0. The molecule has 0 aliphatic carbocycles. The van der Waals surface area contributed by atoms with Crippen LogP contribution >= 0.6 is 11.8 Å². The summed E-state index contributed by atoms with van der Waals surface area (Å²) in [4.78, 5) is 45.1. The number of hydrogen-bond acceptors (Lipinski definition) is 7. The number of aliphatic hydroxyl groups excluding tert-OH is 1. The van der Waals surface area contributed by atoms with Crippen molar-refractivity contribution in [1.29, 1.82) is 0 Å². The van der Waals surface area contributed by atoms with Gasteiger partial charge in [0.05, 0.1) is 29.8 Å². The molecule has 0 radical (unpaired) electrons. The summed E-state index contributed by atoms with van der Waals surface area (Å²) in [7, 11) is 0. The van der Waals surface area contributed by atoms with E-state index in [0.29, 0.717) is 19.6 Å². The largest absolute Gasteiger partial charge is 0.396 e. The third kappa shape index (κ3) is 5.28. The zero-order chi connectivity index (χ0) is 25.7. The number of amides is 3. The number of rotatable bonds is 13. The number of morpholine rings is 1. The summed E-state index contributed by atoms with van der Waals surface area (Å²) in [6.07, 6.45) is 5.06. The van der Waals surface area contributed by atoms with E-state index in [1.807, 2.05) is 6.92 Å². The number of ether oxygens (including phenoxy) is 1. The average Bonchev–Trinajstić information content (AvgIpc) is 3.46. The first-order chi connectivity index (χ1) is 17.5. The highest BCUT2D eigenvalue weighted by Gasteiger charge is 2.75. The smallest absolute Gasteiger partial charge is 0.244 e. The van der Waals surface area contributed by atoms with Gasteiger partial charge >= 0.3 is 0 Å². The number of carbonyl (C=O) groups is 3. The van der Waals surface area contributed by atoms with Gasteiger partial charge in [0.15, 0.2) is 0 Å². The molecule has 0 aromatic rings. The molecule has 10 heteroatoms. The summed E-state index contributed by atoms with van der Waals surface area (Å²) < 4.78 is 4.87. The average molecular weight is 525 g/mol. The van der Waals surface area contributed by atoms with E-state index < -0.39 is 16.7 Å². The van der Waals surface area contributed by atoms with Gasteiger partial charge < -0.3 is 25.4 Å². The summed E-state index contributed by atoms with van der Waals surface area (Å²) in [5, 5.41) is 15.4. The molecular weight excluding hydrogens is 480 g/mol. The number of likely N-dealkylation sites (tertiary alicyclic amines) is 1. The zero-order valence-corrected chi connectivity index (χ0v) is 22.7. The van der Waals surface area contributed by atoms with Crippen LogP contribution in [0.1, 0.15) is 52.4 Å². The van der Waals surface area contributed by atoms with Gasteiger partial charge in [-0.15, -0.1) is 11.8 Å². The maximum absolute atomic E-state index is 14.0.